The molecule has 1 atom stereocenters. The van der Waals surface area contributed by atoms with E-state index in [1.165, 1.54) is 19.3 Å². The molecule has 1 saturated carbocycles. The summed E-state index contributed by atoms with van der Waals surface area (Å²) in [5.74, 6) is 0. The van der Waals surface area contributed by atoms with E-state index in [2.05, 4.69) is 17.1 Å². The minimum absolute atomic E-state index is 0.0281. The van der Waals surface area contributed by atoms with Crippen molar-refractivity contribution in [2.24, 2.45) is 0 Å². The van der Waals surface area contributed by atoms with Crippen molar-refractivity contribution in [3.8, 4) is 0 Å². The Morgan fingerprint density at radius 2 is 2.00 bits per heavy atom. The third kappa shape index (κ3) is 2.97. The molecule has 1 unspecified atom stereocenters. The molecule has 2 nitrogen and oxygen atoms in total. The van der Waals surface area contributed by atoms with Gasteiger partial charge in [-0.25, -0.2) is 8.78 Å². The SMILES string of the molecule is CCC1CN(CC(F)F)C2(CCCCC2)CN1. The Morgan fingerprint density at radius 3 is 2.59 bits per heavy atom. The smallest absolute Gasteiger partial charge is 0.251 e. The predicted octanol–water partition coefficient (Wildman–Crippen LogP) is 2.64. The zero-order valence-corrected chi connectivity index (χ0v) is 10.7. The van der Waals surface area contributed by atoms with E-state index in [4.69, 9.17) is 0 Å². The quantitative estimate of drug-likeness (QED) is 0.823. The molecule has 1 heterocycles. The topological polar surface area (TPSA) is 15.3 Å². The van der Waals surface area contributed by atoms with E-state index in [1.54, 1.807) is 0 Å². The van der Waals surface area contributed by atoms with Crippen LogP contribution in [-0.2, 0) is 0 Å². The lowest BCUT2D eigenvalue weighted by atomic mass is 9.78. The van der Waals surface area contributed by atoms with E-state index >= 15 is 0 Å². The summed E-state index contributed by atoms with van der Waals surface area (Å²) in [5, 5.41) is 3.55. The molecule has 2 rings (SSSR count). The van der Waals surface area contributed by atoms with Crippen LogP contribution in [0.3, 0.4) is 0 Å². The summed E-state index contributed by atoms with van der Waals surface area (Å²) in [5.41, 5.74) is 0.0281. The third-order valence-corrected chi connectivity index (χ3v) is 4.47. The van der Waals surface area contributed by atoms with Gasteiger partial charge in [0.25, 0.3) is 6.43 Å². The number of halogens is 2. The molecular formula is C13H24F2N2. The van der Waals surface area contributed by atoms with Crippen LogP contribution in [0.25, 0.3) is 0 Å². The number of hydrogen-bond acceptors (Lipinski definition) is 2. The van der Waals surface area contributed by atoms with Gasteiger partial charge in [0, 0.05) is 24.7 Å². The molecule has 0 aromatic carbocycles. The number of nitrogens with one attached hydrogen (secondary N) is 1. The average Bonchev–Trinajstić information content (AvgIpc) is 2.33. The maximum atomic E-state index is 12.7. The standard InChI is InChI=1S/C13H24F2N2/c1-2-11-8-17(9-12(14)15)13(10-16-11)6-4-3-5-7-13/h11-12,16H,2-10H2,1H3. The Hall–Kier alpha value is -0.220. The number of hydrogen-bond donors (Lipinski definition) is 1. The molecule has 4 heteroatoms. The minimum Gasteiger partial charge on any atom is -0.311 e. The van der Waals surface area contributed by atoms with Gasteiger partial charge < -0.3 is 5.32 Å². The van der Waals surface area contributed by atoms with E-state index in [-0.39, 0.29) is 12.1 Å². The highest BCUT2D eigenvalue weighted by molar-refractivity contribution is 5.00. The summed E-state index contributed by atoms with van der Waals surface area (Å²) in [4.78, 5) is 2.08. The highest BCUT2D eigenvalue weighted by Crippen LogP contribution is 2.35. The van der Waals surface area contributed by atoms with Gasteiger partial charge in [0.1, 0.15) is 0 Å². The van der Waals surface area contributed by atoms with Crippen LogP contribution in [0.2, 0.25) is 0 Å². The molecule has 100 valence electrons. The summed E-state index contributed by atoms with van der Waals surface area (Å²) in [7, 11) is 0. The highest BCUT2D eigenvalue weighted by Gasteiger charge is 2.42. The Labute approximate surface area is 103 Å². The van der Waals surface area contributed by atoms with Crippen LogP contribution in [0.4, 0.5) is 8.78 Å². The second-order valence-corrected chi connectivity index (χ2v) is 5.57. The van der Waals surface area contributed by atoms with Gasteiger partial charge in [-0.2, -0.15) is 0 Å². The molecule has 0 amide bonds. The molecule has 2 fully saturated rings. The van der Waals surface area contributed by atoms with E-state index < -0.39 is 6.43 Å². The van der Waals surface area contributed by atoms with Crippen molar-refractivity contribution in [1.82, 2.24) is 10.2 Å². The van der Waals surface area contributed by atoms with Crippen LogP contribution in [0, 0.1) is 0 Å². The van der Waals surface area contributed by atoms with Crippen LogP contribution < -0.4 is 5.32 Å². The maximum absolute atomic E-state index is 12.7. The van der Waals surface area contributed by atoms with Gasteiger partial charge in [-0.05, 0) is 19.3 Å². The summed E-state index contributed by atoms with van der Waals surface area (Å²) in [6, 6.07) is 0.390. The van der Waals surface area contributed by atoms with Crippen molar-refractivity contribution < 1.29 is 8.78 Å². The van der Waals surface area contributed by atoms with Crippen LogP contribution in [0.1, 0.15) is 45.4 Å². The number of alkyl halides is 2. The number of piperazine rings is 1. The van der Waals surface area contributed by atoms with Gasteiger partial charge in [-0.3, -0.25) is 4.90 Å². The molecule has 0 bridgehead atoms. The first-order valence-corrected chi connectivity index (χ1v) is 6.93. The molecule has 1 spiro atoms. The van der Waals surface area contributed by atoms with Crippen LogP contribution in [-0.4, -0.2) is 42.5 Å². The van der Waals surface area contributed by atoms with Gasteiger partial charge in [0.15, 0.2) is 0 Å². The normalized spacial score (nSPS) is 30.0. The fraction of sp³-hybridized carbons (Fsp3) is 1.00. The monoisotopic (exact) mass is 246 g/mol. The predicted molar refractivity (Wildman–Crippen MR) is 65.5 cm³/mol. The lowest BCUT2D eigenvalue weighted by Crippen LogP contribution is -2.65. The van der Waals surface area contributed by atoms with Crippen molar-refractivity contribution in [2.45, 2.75) is 63.5 Å². The van der Waals surface area contributed by atoms with Gasteiger partial charge >= 0.3 is 0 Å². The molecule has 1 saturated heterocycles. The van der Waals surface area contributed by atoms with Crippen molar-refractivity contribution >= 4 is 0 Å². The van der Waals surface area contributed by atoms with Crippen molar-refractivity contribution in [3.63, 3.8) is 0 Å². The molecule has 1 aliphatic carbocycles. The zero-order valence-electron chi connectivity index (χ0n) is 10.7. The molecule has 17 heavy (non-hydrogen) atoms. The summed E-state index contributed by atoms with van der Waals surface area (Å²) < 4.78 is 25.5. The third-order valence-electron chi connectivity index (χ3n) is 4.47. The minimum atomic E-state index is -2.20. The molecule has 0 aromatic heterocycles. The highest BCUT2D eigenvalue weighted by atomic mass is 19.3. The summed E-state index contributed by atoms with van der Waals surface area (Å²) in [6.07, 6.45) is 4.64. The Bertz CT molecular complexity index is 240. The number of rotatable bonds is 3. The van der Waals surface area contributed by atoms with Crippen molar-refractivity contribution in [2.75, 3.05) is 19.6 Å². The van der Waals surface area contributed by atoms with Crippen LogP contribution >= 0.6 is 0 Å². The van der Waals surface area contributed by atoms with E-state index in [0.717, 1.165) is 32.4 Å². The second kappa shape index (κ2) is 5.61. The van der Waals surface area contributed by atoms with Gasteiger partial charge in [0.2, 0.25) is 0 Å². The maximum Gasteiger partial charge on any atom is 0.251 e. The van der Waals surface area contributed by atoms with Gasteiger partial charge in [0.05, 0.1) is 6.54 Å². The van der Waals surface area contributed by atoms with Crippen molar-refractivity contribution in [1.29, 1.82) is 0 Å². The fourth-order valence-corrected chi connectivity index (χ4v) is 3.38. The summed E-state index contributed by atoms with van der Waals surface area (Å²) in [6.45, 7) is 3.77. The van der Waals surface area contributed by atoms with E-state index in [9.17, 15) is 8.78 Å². The fourth-order valence-electron chi connectivity index (χ4n) is 3.38. The summed E-state index contributed by atoms with van der Waals surface area (Å²) >= 11 is 0. The van der Waals surface area contributed by atoms with Crippen LogP contribution in [0.15, 0.2) is 0 Å². The molecule has 0 aromatic rings. The van der Waals surface area contributed by atoms with Gasteiger partial charge in [-0.1, -0.05) is 26.2 Å². The largest absolute Gasteiger partial charge is 0.311 e. The average molecular weight is 246 g/mol. The van der Waals surface area contributed by atoms with Crippen LogP contribution in [0.5, 0.6) is 0 Å². The Kier molecular flexibility index (Phi) is 4.36. The first kappa shape index (κ1) is 13.2. The lowest BCUT2D eigenvalue weighted by molar-refractivity contribution is -0.0292. The first-order chi connectivity index (χ1) is 8.16. The number of nitrogens with zero attached hydrogens (tertiary/aromatic N) is 1. The molecule has 0 radical (unpaired) electrons. The van der Waals surface area contributed by atoms with E-state index in [1.807, 2.05) is 0 Å². The zero-order chi connectivity index (χ0) is 12.3. The first-order valence-electron chi connectivity index (χ1n) is 6.93. The molecule has 1 N–H and O–H groups in total. The second-order valence-electron chi connectivity index (χ2n) is 5.57. The van der Waals surface area contributed by atoms with E-state index in [0.29, 0.717) is 6.04 Å². The van der Waals surface area contributed by atoms with Crippen molar-refractivity contribution in [3.05, 3.63) is 0 Å². The Morgan fingerprint density at radius 1 is 1.29 bits per heavy atom. The Balaban J connectivity index is 2.06. The molecule has 1 aliphatic heterocycles. The lowest BCUT2D eigenvalue weighted by Gasteiger charge is -2.52. The van der Waals surface area contributed by atoms with Gasteiger partial charge in [-0.15, -0.1) is 0 Å². The molecule has 2 aliphatic rings. The molecular weight excluding hydrogens is 222 g/mol.